The highest BCUT2D eigenvalue weighted by atomic mass is 32.1. The number of methoxy groups -OCH3 is 1. The van der Waals surface area contributed by atoms with Gasteiger partial charge in [0, 0.05) is 37.1 Å². The van der Waals surface area contributed by atoms with Crippen molar-refractivity contribution in [1.29, 1.82) is 0 Å². The molecule has 0 bridgehead atoms. The number of piperidine rings is 1. The van der Waals surface area contributed by atoms with Crippen LogP contribution in [0, 0.1) is 17.5 Å². The molecule has 44 heavy (non-hydrogen) atoms. The first kappa shape index (κ1) is 32.3. The van der Waals surface area contributed by atoms with Crippen LogP contribution in [-0.2, 0) is 20.6 Å². The second kappa shape index (κ2) is 13.1. The zero-order valence-electron chi connectivity index (χ0n) is 24.8. The number of hydrogen-bond donors (Lipinski definition) is 2. The van der Waals surface area contributed by atoms with Crippen LogP contribution in [0.2, 0.25) is 0 Å². The molecule has 1 amide bonds. The van der Waals surface area contributed by atoms with E-state index in [0.717, 1.165) is 35.5 Å². The molecular formula is C29H36F3N5O6S. The number of ether oxygens (including phenoxy) is 3. The van der Waals surface area contributed by atoms with Gasteiger partial charge in [0.1, 0.15) is 35.6 Å². The number of carbonyl (C=O) groups excluding carboxylic acids is 1. The van der Waals surface area contributed by atoms with Crippen molar-refractivity contribution in [2.75, 3.05) is 26.8 Å². The summed E-state index contributed by atoms with van der Waals surface area (Å²) < 4.78 is 64.4. The molecule has 5 atom stereocenters. The van der Waals surface area contributed by atoms with Crippen LogP contribution in [0.4, 0.5) is 18.0 Å². The molecule has 2 aliphatic rings. The summed E-state index contributed by atoms with van der Waals surface area (Å²) in [5, 5.41) is 29.1. The Bertz CT molecular complexity index is 1430. The van der Waals surface area contributed by atoms with E-state index in [1.54, 1.807) is 4.90 Å². The largest absolute Gasteiger partial charge is 0.444 e. The molecule has 240 valence electrons. The number of rotatable bonds is 7. The van der Waals surface area contributed by atoms with Crippen LogP contribution >= 0.6 is 11.5 Å². The summed E-state index contributed by atoms with van der Waals surface area (Å²) in [5.41, 5.74) is 0.208. The molecule has 15 heteroatoms. The van der Waals surface area contributed by atoms with E-state index in [0.29, 0.717) is 19.5 Å². The lowest BCUT2D eigenvalue weighted by Gasteiger charge is -2.43. The SMILES string of the molecule is CO[C@@H]1[C@@H](n2cc(-c3cc(F)c(F)c(F)c3)nn2)[C@@H](O)[C@@H](CO)O[C@@H]1Cc1cc(C2CCN(C(=O)OC(C)(C)C)CC2)sn1. The fraction of sp³-hybridized carbons (Fsp3) is 0.586. The third-order valence-corrected chi connectivity index (χ3v) is 8.86. The maximum atomic E-state index is 13.8. The van der Waals surface area contributed by atoms with Crippen LogP contribution in [-0.4, -0.2) is 97.4 Å². The average Bonchev–Trinajstić information content (AvgIpc) is 3.66. The van der Waals surface area contributed by atoms with Crippen LogP contribution in [0.25, 0.3) is 11.3 Å². The minimum Gasteiger partial charge on any atom is -0.444 e. The predicted octanol–water partition coefficient (Wildman–Crippen LogP) is 3.85. The Hall–Kier alpha value is -3.11. The van der Waals surface area contributed by atoms with Gasteiger partial charge in [-0.15, -0.1) is 5.10 Å². The zero-order valence-corrected chi connectivity index (χ0v) is 25.6. The van der Waals surface area contributed by atoms with Gasteiger partial charge in [0.15, 0.2) is 17.5 Å². The Labute approximate surface area is 256 Å². The topological polar surface area (TPSA) is 132 Å². The Balaban J connectivity index is 1.30. The first-order chi connectivity index (χ1) is 20.9. The van der Waals surface area contributed by atoms with Crippen LogP contribution in [0.3, 0.4) is 0 Å². The number of aromatic nitrogens is 4. The van der Waals surface area contributed by atoms with Crippen molar-refractivity contribution in [3.8, 4) is 11.3 Å². The van der Waals surface area contributed by atoms with Crippen molar-refractivity contribution < 1.29 is 42.4 Å². The van der Waals surface area contributed by atoms with E-state index in [2.05, 4.69) is 14.7 Å². The van der Waals surface area contributed by atoms with E-state index in [1.807, 2.05) is 26.8 Å². The van der Waals surface area contributed by atoms with Crippen molar-refractivity contribution in [3.63, 3.8) is 0 Å². The number of benzene rings is 1. The number of amides is 1. The summed E-state index contributed by atoms with van der Waals surface area (Å²) in [5.74, 6) is -4.09. The van der Waals surface area contributed by atoms with E-state index >= 15 is 0 Å². The van der Waals surface area contributed by atoms with Gasteiger partial charge in [0.05, 0.1) is 24.6 Å². The molecule has 3 aromatic rings. The van der Waals surface area contributed by atoms with Gasteiger partial charge in [-0.3, -0.25) is 0 Å². The summed E-state index contributed by atoms with van der Waals surface area (Å²) in [6.07, 6.45) is -0.757. The Morgan fingerprint density at radius 1 is 1.14 bits per heavy atom. The molecule has 2 fully saturated rings. The highest BCUT2D eigenvalue weighted by Crippen LogP contribution is 2.36. The van der Waals surface area contributed by atoms with Crippen molar-refractivity contribution in [3.05, 3.63) is 52.4 Å². The number of likely N-dealkylation sites (tertiary alicyclic amines) is 1. The molecule has 0 radical (unpaired) electrons. The first-order valence-electron chi connectivity index (χ1n) is 14.4. The molecule has 2 N–H and O–H groups in total. The second-order valence-electron chi connectivity index (χ2n) is 12.1. The summed E-state index contributed by atoms with van der Waals surface area (Å²) in [4.78, 5) is 15.2. The number of hydrogen-bond acceptors (Lipinski definition) is 10. The number of aliphatic hydroxyl groups excluding tert-OH is 2. The van der Waals surface area contributed by atoms with E-state index in [9.17, 15) is 28.2 Å². The molecule has 0 spiro atoms. The van der Waals surface area contributed by atoms with Gasteiger partial charge in [-0.2, -0.15) is 4.37 Å². The van der Waals surface area contributed by atoms with Gasteiger partial charge in [0.25, 0.3) is 0 Å². The lowest BCUT2D eigenvalue weighted by Crippen LogP contribution is -2.57. The molecule has 2 saturated heterocycles. The highest BCUT2D eigenvalue weighted by Gasteiger charge is 2.47. The molecule has 2 aromatic heterocycles. The smallest absolute Gasteiger partial charge is 0.410 e. The lowest BCUT2D eigenvalue weighted by molar-refractivity contribution is -0.212. The van der Waals surface area contributed by atoms with E-state index < -0.39 is 60.1 Å². The van der Waals surface area contributed by atoms with Crippen molar-refractivity contribution in [2.24, 2.45) is 0 Å². The van der Waals surface area contributed by atoms with Gasteiger partial charge in [0.2, 0.25) is 0 Å². The molecule has 4 heterocycles. The van der Waals surface area contributed by atoms with Gasteiger partial charge in [-0.1, -0.05) is 5.21 Å². The van der Waals surface area contributed by atoms with E-state index in [4.69, 9.17) is 14.2 Å². The van der Waals surface area contributed by atoms with Gasteiger partial charge >= 0.3 is 6.09 Å². The van der Waals surface area contributed by atoms with Crippen molar-refractivity contribution in [1.82, 2.24) is 24.3 Å². The van der Waals surface area contributed by atoms with Gasteiger partial charge in [-0.05, 0) is 69.3 Å². The van der Waals surface area contributed by atoms with Crippen LogP contribution in [0.1, 0.15) is 56.1 Å². The third-order valence-electron chi connectivity index (χ3n) is 7.87. The fourth-order valence-corrected chi connectivity index (χ4v) is 6.61. The molecule has 2 aliphatic heterocycles. The summed E-state index contributed by atoms with van der Waals surface area (Å²) in [6.45, 7) is 6.20. The summed E-state index contributed by atoms with van der Waals surface area (Å²) in [6, 6.07) is 2.74. The maximum Gasteiger partial charge on any atom is 0.410 e. The van der Waals surface area contributed by atoms with Crippen LogP contribution < -0.4 is 0 Å². The van der Waals surface area contributed by atoms with Crippen molar-refractivity contribution in [2.45, 2.75) is 82.0 Å². The predicted molar refractivity (Wildman–Crippen MR) is 153 cm³/mol. The molecule has 5 rings (SSSR count). The zero-order chi connectivity index (χ0) is 31.8. The average molecular weight is 640 g/mol. The second-order valence-corrected chi connectivity index (χ2v) is 12.9. The Kier molecular flexibility index (Phi) is 9.61. The normalized spacial score (nSPS) is 24.9. The molecule has 0 unspecified atom stereocenters. The quantitative estimate of drug-likeness (QED) is 0.370. The fourth-order valence-electron chi connectivity index (χ4n) is 5.68. The molecule has 0 saturated carbocycles. The molecule has 0 aliphatic carbocycles. The number of aliphatic hydroxyl groups is 2. The molecule has 11 nitrogen and oxygen atoms in total. The first-order valence-corrected chi connectivity index (χ1v) is 15.1. The van der Waals surface area contributed by atoms with Gasteiger partial charge in [-0.25, -0.2) is 22.6 Å². The highest BCUT2D eigenvalue weighted by molar-refractivity contribution is 7.05. The lowest BCUT2D eigenvalue weighted by atomic mass is 9.90. The minimum atomic E-state index is -1.59. The van der Waals surface area contributed by atoms with Crippen LogP contribution in [0.15, 0.2) is 24.4 Å². The molecule has 1 aromatic carbocycles. The minimum absolute atomic E-state index is 0.0367. The molecular weight excluding hydrogens is 603 g/mol. The monoisotopic (exact) mass is 639 g/mol. The van der Waals surface area contributed by atoms with E-state index in [1.165, 1.54) is 29.5 Å². The summed E-state index contributed by atoms with van der Waals surface area (Å²) >= 11 is 1.39. The Morgan fingerprint density at radius 3 is 2.43 bits per heavy atom. The van der Waals surface area contributed by atoms with Crippen molar-refractivity contribution >= 4 is 17.6 Å². The number of carbonyl (C=O) groups is 1. The van der Waals surface area contributed by atoms with Gasteiger partial charge < -0.3 is 29.3 Å². The van der Waals surface area contributed by atoms with E-state index in [-0.39, 0.29) is 23.3 Å². The third kappa shape index (κ3) is 6.91. The Morgan fingerprint density at radius 2 is 1.82 bits per heavy atom. The number of halogens is 3. The number of nitrogens with zero attached hydrogens (tertiary/aromatic N) is 5. The maximum absolute atomic E-state index is 13.8. The van der Waals surface area contributed by atoms with Crippen LogP contribution in [0.5, 0.6) is 0 Å². The summed E-state index contributed by atoms with van der Waals surface area (Å²) in [7, 11) is 1.45. The standard InChI is InChI=1S/C29H36F3N5O6S/c1-29(2,3)43-28(40)36-7-5-15(6-8-36)23-12-17(34-44-23)11-21-27(41-4)25(26(39)22(14-38)42-21)37-13-20(33-35-37)16-9-18(30)24(32)19(31)10-16/h9-10,12-13,15,21-22,25-27,38-39H,5-8,11,14H2,1-4H3/t21-,22-,25+,26+,27+/m1/s1.